The Morgan fingerprint density at radius 3 is 0.577 bits per heavy atom. The number of unbranched alkanes of at least 4 members (excludes halogenated alkanes) is 56. The van der Waals surface area contributed by atoms with E-state index >= 15 is 0 Å². The van der Waals surface area contributed by atoms with E-state index in [2.05, 4.69) is 52.0 Å². The Labute approximate surface area is 642 Å². The molecule has 0 aliphatic carbocycles. The fourth-order valence-electron chi connectivity index (χ4n) is 15.1. The molecule has 0 radical (unpaired) electrons. The molecule has 9 heteroatoms. The number of fused-ring (bicyclic) bond motifs is 2. The molecular formula is C88H150BaO6S2. The summed E-state index contributed by atoms with van der Waals surface area (Å²) in [6.45, 7) is 9.12. The Bertz CT molecular complexity index is 2500. The molecule has 0 aromatic heterocycles. The minimum atomic E-state index is -4.50. The SMILES string of the molecule is CCCCCCCCCCCCCCCCCc1cccc2c(CCCCCCCCCCCCCCCCC)c(S(=O)(=O)[O-])ccc12.CCCCCCCCCCCCCCCCCc1cccc2c(CCCCCCCCCCCCCCCCC)c(S(=O)(=O)[O-])ccc12.[Ba+2]. The van der Waals surface area contributed by atoms with Crippen LogP contribution >= 0.6 is 0 Å². The maximum atomic E-state index is 12.2. The predicted octanol–water partition coefficient (Wildman–Crippen LogP) is 28.8. The second kappa shape index (κ2) is 63.3. The van der Waals surface area contributed by atoms with Crippen LogP contribution in [0.4, 0.5) is 0 Å². The monoisotopic (exact) mass is 1500 g/mol. The molecular weight excluding hydrogens is 1350 g/mol. The van der Waals surface area contributed by atoms with Gasteiger partial charge in [0.25, 0.3) is 0 Å². The van der Waals surface area contributed by atoms with Gasteiger partial charge in [0.1, 0.15) is 20.2 Å². The molecule has 0 atom stereocenters. The zero-order valence-corrected chi connectivity index (χ0v) is 70.1. The number of benzene rings is 4. The maximum Gasteiger partial charge on any atom is 2.00 e. The van der Waals surface area contributed by atoms with E-state index in [4.69, 9.17) is 0 Å². The van der Waals surface area contributed by atoms with Crippen LogP contribution in [0.15, 0.2) is 70.5 Å². The molecule has 0 saturated heterocycles. The molecule has 0 unspecified atom stereocenters. The van der Waals surface area contributed by atoms with E-state index in [-0.39, 0.29) is 58.7 Å². The average Bonchev–Trinajstić information content (AvgIpc) is 0.791. The Morgan fingerprint density at radius 1 is 0.216 bits per heavy atom. The van der Waals surface area contributed by atoms with Crippen LogP contribution < -0.4 is 0 Å². The molecule has 4 rings (SSSR count). The summed E-state index contributed by atoms with van der Waals surface area (Å²) >= 11 is 0. The van der Waals surface area contributed by atoms with E-state index in [1.54, 1.807) is 12.1 Å². The molecule has 0 bridgehead atoms. The third kappa shape index (κ3) is 46.3. The normalized spacial score (nSPS) is 11.9. The van der Waals surface area contributed by atoms with Gasteiger partial charge < -0.3 is 9.11 Å². The Hall–Kier alpha value is -1.21. The van der Waals surface area contributed by atoms with Crippen LogP contribution in [0.2, 0.25) is 0 Å². The minimum absolute atomic E-state index is 0. The molecule has 0 amide bonds. The molecule has 552 valence electrons. The molecule has 0 N–H and O–H groups in total. The molecule has 0 spiro atoms. The molecule has 0 saturated carbocycles. The largest absolute Gasteiger partial charge is 2.00 e. The van der Waals surface area contributed by atoms with Gasteiger partial charge in [0.15, 0.2) is 0 Å². The first-order chi connectivity index (χ1) is 47.0. The second-order valence-electron chi connectivity index (χ2n) is 29.8. The van der Waals surface area contributed by atoms with Crippen LogP contribution in [0.3, 0.4) is 0 Å². The quantitative estimate of drug-likeness (QED) is 0.0247. The van der Waals surface area contributed by atoms with Gasteiger partial charge in [-0.1, -0.05) is 436 Å². The number of hydrogen-bond acceptors (Lipinski definition) is 6. The van der Waals surface area contributed by atoms with Crippen molar-refractivity contribution in [3.05, 3.63) is 82.9 Å². The zero-order chi connectivity index (χ0) is 69.1. The fourth-order valence-corrected chi connectivity index (χ4v) is 16.6. The molecule has 0 aliphatic heterocycles. The summed E-state index contributed by atoms with van der Waals surface area (Å²) in [5.74, 6) is 0. The van der Waals surface area contributed by atoms with E-state index < -0.39 is 20.2 Å². The summed E-state index contributed by atoms with van der Waals surface area (Å²) in [6.07, 6.45) is 83.4. The van der Waals surface area contributed by atoms with Crippen LogP contribution in [-0.4, -0.2) is 74.8 Å². The summed E-state index contributed by atoms with van der Waals surface area (Å²) < 4.78 is 73.3. The van der Waals surface area contributed by atoms with Gasteiger partial charge in [-0.2, -0.15) is 0 Å². The van der Waals surface area contributed by atoms with Gasteiger partial charge in [0, 0.05) is 0 Å². The molecule has 0 fully saturated rings. The van der Waals surface area contributed by atoms with E-state index in [9.17, 15) is 25.9 Å². The van der Waals surface area contributed by atoms with Crippen molar-refractivity contribution in [2.45, 2.75) is 448 Å². The van der Waals surface area contributed by atoms with Crippen molar-refractivity contribution < 1.29 is 25.9 Å². The summed E-state index contributed by atoms with van der Waals surface area (Å²) in [4.78, 5) is -0.0195. The van der Waals surface area contributed by atoms with Crippen LogP contribution in [0.25, 0.3) is 21.5 Å². The summed E-state index contributed by atoms with van der Waals surface area (Å²) in [5.41, 5.74) is 4.07. The molecule has 4 aromatic carbocycles. The second-order valence-corrected chi connectivity index (χ2v) is 32.5. The van der Waals surface area contributed by atoms with Crippen LogP contribution in [-0.2, 0) is 45.9 Å². The number of aryl methyl sites for hydroxylation is 4. The van der Waals surface area contributed by atoms with Crippen LogP contribution in [0, 0.1) is 0 Å². The molecule has 6 nitrogen and oxygen atoms in total. The van der Waals surface area contributed by atoms with Crippen molar-refractivity contribution in [2.24, 2.45) is 0 Å². The van der Waals surface area contributed by atoms with Crippen molar-refractivity contribution in [2.75, 3.05) is 0 Å². The van der Waals surface area contributed by atoms with Crippen molar-refractivity contribution in [1.29, 1.82) is 0 Å². The summed E-state index contributed by atoms with van der Waals surface area (Å²) in [7, 11) is -9.00. The van der Waals surface area contributed by atoms with Crippen molar-refractivity contribution >= 4 is 90.7 Å². The third-order valence-corrected chi connectivity index (χ3v) is 23.0. The molecule has 97 heavy (non-hydrogen) atoms. The average molecular weight is 1510 g/mol. The number of hydrogen-bond donors (Lipinski definition) is 0. The standard InChI is InChI=1S/2C44H76O3S.Ba/c2*1-3-5-7-9-11-13-15-17-19-21-23-25-27-29-31-34-40-35-33-37-42-41(40)38-39-44(48(45,46)47)43(42)36-32-30-28-26-24-22-20-18-16-14-12-10-8-6-4-2;/h2*33,35,37-39H,3-32,34,36H2,1-2H3,(H,45,46,47);/q;;+2/p-2. The first-order valence-electron chi connectivity index (χ1n) is 42.0. The topological polar surface area (TPSA) is 114 Å². The van der Waals surface area contributed by atoms with Gasteiger partial charge in [-0.25, -0.2) is 16.8 Å². The Balaban J connectivity index is 0.000000653. The van der Waals surface area contributed by atoms with Gasteiger partial charge in [-0.05, 0) is 107 Å². The van der Waals surface area contributed by atoms with E-state index in [1.807, 2.05) is 24.3 Å². The first kappa shape index (κ1) is 91.9. The van der Waals surface area contributed by atoms with E-state index in [0.717, 1.165) is 84.0 Å². The van der Waals surface area contributed by atoms with Crippen LogP contribution in [0.1, 0.15) is 435 Å². The summed E-state index contributed by atoms with van der Waals surface area (Å²) in [5, 5.41) is 4.20. The molecule has 4 aromatic rings. The minimum Gasteiger partial charge on any atom is -0.744 e. The zero-order valence-electron chi connectivity index (χ0n) is 64.0. The third-order valence-electron chi connectivity index (χ3n) is 21.1. The van der Waals surface area contributed by atoms with E-state index in [0.29, 0.717) is 12.8 Å². The van der Waals surface area contributed by atoms with Crippen molar-refractivity contribution in [1.82, 2.24) is 0 Å². The van der Waals surface area contributed by atoms with Crippen LogP contribution in [0.5, 0.6) is 0 Å². The Kier molecular flexibility index (Phi) is 59.9. The number of rotatable bonds is 66. The van der Waals surface area contributed by atoms with E-state index in [1.165, 1.54) is 358 Å². The van der Waals surface area contributed by atoms with Crippen molar-refractivity contribution in [3.63, 3.8) is 0 Å². The summed E-state index contributed by atoms with van der Waals surface area (Å²) in [6, 6.07) is 19.5. The van der Waals surface area contributed by atoms with Gasteiger partial charge in [-0.3, -0.25) is 0 Å². The fraction of sp³-hybridized carbons (Fsp3) is 0.773. The first-order valence-corrected chi connectivity index (χ1v) is 44.8. The van der Waals surface area contributed by atoms with Crippen molar-refractivity contribution in [3.8, 4) is 0 Å². The molecule has 0 aliphatic rings. The predicted molar refractivity (Wildman–Crippen MR) is 424 cm³/mol. The maximum absolute atomic E-state index is 12.2. The Morgan fingerprint density at radius 2 is 0.392 bits per heavy atom. The molecule has 0 heterocycles. The van der Waals surface area contributed by atoms with Gasteiger partial charge in [0.2, 0.25) is 0 Å². The van der Waals surface area contributed by atoms with Gasteiger partial charge in [-0.15, -0.1) is 0 Å². The van der Waals surface area contributed by atoms with Gasteiger partial charge in [0.05, 0.1) is 9.79 Å². The van der Waals surface area contributed by atoms with Gasteiger partial charge >= 0.3 is 48.9 Å². The smallest absolute Gasteiger partial charge is 0.744 e.